The highest BCUT2D eigenvalue weighted by atomic mass is 19.1. The van der Waals surface area contributed by atoms with E-state index in [0.717, 1.165) is 4.68 Å². The van der Waals surface area contributed by atoms with Gasteiger partial charge in [-0.2, -0.15) is 14.9 Å². The summed E-state index contributed by atoms with van der Waals surface area (Å²) >= 11 is 0. The van der Waals surface area contributed by atoms with Gasteiger partial charge in [0, 0.05) is 24.7 Å². The molecule has 42 heavy (non-hydrogen) atoms. The van der Waals surface area contributed by atoms with Gasteiger partial charge >= 0.3 is 0 Å². The van der Waals surface area contributed by atoms with Crippen molar-refractivity contribution in [3.63, 3.8) is 0 Å². The second kappa shape index (κ2) is 11.9. The van der Waals surface area contributed by atoms with Crippen molar-refractivity contribution in [1.82, 2.24) is 25.0 Å². The molecular formula is C30H28F2N6O4. The van der Waals surface area contributed by atoms with Gasteiger partial charge in [0.2, 0.25) is 0 Å². The van der Waals surface area contributed by atoms with Crippen LogP contribution in [0.25, 0.3) is 16.7 Å². The summed E-state index contributed by atoms with van der Waals surface area (Å²) in [6.07, 6.45) is 1.24. The predicted molar refractivity (Wildman–Crippen MR) is 152 cm³/mol. The van der Waals surface area contributed by atoms with Gasteiger partial charge in [0.05, 0.1) is 23.6 Å². The van der Waals surface area contributed by atoms with Crippen molar-refractivity contribution in [3.05, 3.63) is 99.6 Å². The van der Waals surface area contributed by atoms with Gasteiger partial charge in [-0.3, -0.25) is 14.7 Å². The number of nitrogens with zero attached hydrogens (tertiary/aromatic N) is 4. The third-order valence-corrected chi connectivity index (χ3v) is 6.55. The Bertz CT molecular complexity index is 1820. The number of H-pyrrole nitrogens is 1. The van der Waals surface area contributed by atoms with Gasteiger partial charge in [-0.1, -0.05) is 19.9 Å². The van der Waals surface area contributed by atoms with Crippen LogP contribution in [0.3, 0.4) is 0 Å². The van der Waals surface area contributed by atoms with Crippen molar-refractivity contribution in [3.8, 4) is 17.2 Å². The van der Waals surface area contributed by atoms with E-state index in [-0.39, 0.29) is 42.0 Å². The van der Waals surface area contributed by atoms with Crippen molar-refractivity contribution in [2.75, 3.05) is 11.9 Å². The Kier molecular flexibility index (Phi) is 8.07. The van der Waals surface area contributed by atoms with E-state index in [0.29, 0.717) is 33.8 Å². The molecule has 0 saturated heterocycles. The first-order valence-electron chi connectivity index (χ1n) is 13.2. The molecule has 3 aromatic heterocycles. The molecule has 0 saturated carbocycles. The van der Waals surface area contributed by atoms with Crippen LogP contribution in [0.1, 0.15) is 48.3 Å². The number of aliphatic hydroxyl groups is 1. The molecule has 0 fully saturated rings. The van der Waals surface area contributed by atoms with Crippen LogP contribution in [0.2, 0.25) is 0 Å². The topological polar surface area (TPSA) is 135 Å². The molecule has 5 aromatic rings. The van der Waals surface area contributed by atoms with E-state index in [1.807, 2.05) is 13.8 Å². The predicted octanol–water partition coefficient (Wildman–Crippen LogP) is 4.92. The third kappa shape index (κ3) is 5.88. The Morgan fingerprint density at radius 3 is 2.52 bits per heavy atom. The number of rotatable bonds is 10. The van der Waals surface area contributed by atoms with Crippen molar-refractivity contribution >= 4 is 22.6 Å². The van der Waals surface area contributed by atoms with Crippen LogP contribution in [0, 0.1) is 11.6 Å². The molecule has 0 unspecified atom stereocenters. The number of aromatic nitrogens is 5. The zero-order chi connectivity index (χ0) is 30.0. The lowest BCUT2D eigenvalue weighted by Crippen LogP contribution is -2.29. The summed E-state index contributed by atoms with van der Waals surface area (Å²) in [5, 5.41) is 24.2. The van der Waals surface area contributed by atoms with Crippen LogP contribution in [-0.2, 0) is 6.42 Å². The molecule has 2 aromatic carbocycles. The molecule has 0 radical (unpaired) electrons. The number of anilines is 1. The molecule has 0 spiro atoms. The highest BCUT2D eigenvalue weighted by Gasteiger charge is 2.20. The number of fused-ring (bicyclic) bond motifs is 1. The Balaban J connectivity index is 1.41. The van der Waals surface area contributed by atoms with Crippen LogP contribution >= 0.6 is 0 Å². The number of carbonyl (C=O) groups is 1. The maximum absolute atomic E-state index is 15.2. The number of hydrogen-bond donors (Lipinski definition) is 3. The Morgan fingerprint density at radius 2 is 1.83 bits per heavy atom. The second-order valence-electron chi connectivity index (χ2n) is 10.1. The summed E-state index contributed by atoms with van der Waals surface area (Å²) in [4.78, 5) is 30.8. The normalized spacial score (nSPS) is 12.1. The maximum atomic E-state index is 15.2. The van der Waals surface area contributed by atoms with E-state index in [1.54, 1.807) is 19.1 Å². The van der Waals surface area contributed by atoms with Crippen molar-refractivity contribution in [1.29, 1.82) is 0 Å². The number of carbonyl (C=O) groups excluding carboxylic acids is 1. The first-order chi connectivity index (χ1) is 20.1. The fourth-order valence-electron chi connectivity index (χ4n) is 4.28. The fraction of sp³-hybridized carbons (Fsp3) is 0.233. The summed E-state index contributed by atoms with van der Waals surface area (Å²) in [6.45, 7) is 5.38. The van der Waals surface area contributed by atoms with Gasteiger partial charge in [0.15, 0.2) is 28.8 Å². The summed E-state index contributed by atoms with van der Waals surface area (Å²) in [5.41, 5.74) is 0.808. The highest BCUT2D eigenvalue weighted by Crippen LogP contribution is 2.34. The number of halogens is 2. The molecule has 0 aliphatic rings. The van der Waals surface area contributed by atoms with Gasteiger partial charge in [-0.05, 0) is 60.9 Å². The van der Waals surface area contributed by atoms with E-state index in [1.165, 1.54) is 48.7 Å². The van der Waals surface area contributed by atoms with Crippen molar-refractivity contribution in [2.24, 2.45) is 0 Å². The summed E-state index contributed by atoms with van der Waals surface area (Å²) in [5.74, 6) is -1.22. The lowest BCUT2D eigenvalue weighted by Gasteiger charge is -2.13. The van der Waals surface area contributed by atoms with Gasteiger partial charge in [-0.25, -0.2) is 13.8 Å². The molecule has 216 valence electrons. The molecule has 0 bridgehead atoms. The molecule has 1 atom stereocenters. The highest BCUT2D eigenvalue weighted by molar-refractivity contribution is 5.97. The largest absolute Gasteiger partial charge is 0.453 e. The molecule has 0 amide bonds. The third-order valence-electron chi connectivity index (χ3n) is 6.55. The number of hydrogen-bond acceptors (Lipinski definition) is 8. The summed E-state index contributed by atoms with van der Waals surface area (Å²) in [6, 6.07) is 12.1. The number of nitrogens with one attached hydrogen (secondary N) is 2. The van der Waals surface area contributed by atoms with Gasteiger partial charge < -0.3 is 15.2 Å². The smallest absolute Gasteiger partial charge is 0.282 e. The zero-order valence-electron chi connectivity index (χ0n) is 23.1. The quantitative estimate of drug-likeness (QED) is 0.200. The minimum absolute atomic E-state index is 0.0919. The van der Waals surface area contributed by atoms with Crippen LogP contribution in [0.4, 0.5) is 14.6 Å². The number of aromatic amines is 1. The second-order valence-corrected chi connectivity index (χ2v) is 10.1. The number of benzene rings is 2. The van der Waals surface area contributed by atoms with E-state index in [2.05, 4.69) is 25.6 Å². The number of pyridine rings is 1. The molecule has 5 rings (SSSR count). The van der Waals surface area contributed by atoms with Gasteiger partial charge in [-0.15, -0.1) is 0 Å². The lowest BCUT2D eigenvalue weighted by atomic mass is 10.0. The van der Waals surface area contributed by atoms with Crippen LogP contribution in [0.15, 0.2) is 65.6 Å². The van der Waals surface area contributed by atoms with Crippen molar-refractivity contribution < 1.29 is 23.4 Å². The first kappa shape index (κ1) is 28.6. The van der Waals surface area contributed by atoms with Crippen LogP contribution < -0.4 is 15.6 Å². The van der Waals surface area contributed by atoms with Crippen molar-refractivity contribution in [2.45, 2.75) is 39.2 Å². The zero-order valence-corrected chi connectivity index (χ0v) is 23.1. The average molecular weight is 575 g/mol. The van der Waals surface area contributed by atoms with Crippen LogP contribution in [-0.4, -0.2) is 48.5 Å². The average Bonchev–Trinajstić information content (AvgIpc) is 3.38. The number of Topliss-reactive ketones (excluding diaryl/α,β-unsaturated/α-hetero) is 1. The number of ether oxygens (including phenoxy) is 1. The maximum Gasteiger partial charge on any atom is 0.282 e. The van der Waals surface area contributed by atoms with Gasteiger partial charge in [0.1, 0.15) is 17.0 Å². The minimum Gasteiger partial charge on any atom is -0.453 e. The van der Waals surface area contributed by atoms with Crippen LogP contribution in [0.5, 0.6) is 11.5 Å². The fourth-order valence-corrected chi connectivity index (χ4v) is 4.28. The van der Waals surface area contributed by atoms with E-state index >= 15 is 4.39 Å². The van der Waals surface area contributed by atoms with E-state index < -0.39 is 23.0 Å². The van der Waals surface area contributed by atoms with Gasteiger partial charge in [0.25, 0.3) is 5.56 Å². The summed E-state index contributed by atoms with van der Waals surface area (Å²) in [7, 11) is 0. The van der Waals surface area contributed by atoms with E-state index in [9.17, 15) is 19.1 Å². The molecule has 3 N–H and O–H groups in total. The molecule has 0 aliphatic heterocycles. The SMILES string of the molecule is CC(C)c1cc(C(=O)Cc2ccc(Oc3ccnc4[nH]nc(N[C@H](C)CO)c34)c(F)c2)c(=O)n(-c2ccc(F)cc2)n1. The minimum atomic E-state index is -0.715. The Labute approximate surface area is 239 Å². The monoisotopic (exact) mass is 574 g/mol. The molecular weight excluding hydrogens is 546 g/mol. The Morgan fingerprint density at radius 1 is 1.07 bits per heavy atom. The first-order valence-corrected chi connectivity index (χ1v) is 13.2. The number of aliphatic hydroxyl groups excluding tert-OH is 1. The molecule has 3 heterocycles. The standard InChI is InChI=1S/C30H28F2N6O4/c1-16(2)23-14-21(30(41)38(37-23)20-7-5-19(31)6-8-20)24(40)13-18-4-9-25(22(32)12-18)42-26-10-11-33-28-27(26)29(36-35-28)34-17(3)15-39/h4-12,14,16-17,39H,13,15H2,1-3H3,(H2,33,34,35,36)/t17-/m1/s1. The van der Waals surface area contributed by atoms with E-state index in [4.69, 9.17) is 4.74 Å². The molecule has 0 aliphatic carbocycles. The number of ketones is 1. The summed E-state index contributed by atoms with van der Waals surface area (Å²) < 4.78 is 35.6. The Hall–Kier alpha value is -4.97. The lowest BCUT2D eigenvalue weighted by molar-refractivity contribution is 0.0990. The molecule has 12 heteroatoms. The molecule has 10 nitrogen and oxygen atoms in total.